The highest BCUT2D eigenvalue weighted by molar-refractivity contribution is 6.06. The van der Waals surface area contributed by atoms with Gasteiger partial charge in [-0.3, -0.25) is 9.78 Å². The van der Waals surface area contributed by atoms with Crippen molar-refractivity contribution in [2.24, 2.45) is 0 Å². The van der Waals surface area contributed by atoms with Gasteiger partial charge in [-0.05, 0) is 23.1 Å². The first kappa shape index (κ1) is 12.4. The second-order valence-corrected chi connectivity index (χ2v) is 4.57. The van der Waals surface area contributed by atoms with Crippen LogP contribution in [0.2, 0.25) is 0 Å². The Balaban J connectivity index is 1.82. The molecule has 0 aliphatic heterocycles. The molecule has 0 unspecified atom stereocenters. The molecule has 1 aromatic heterocycles. The van der Waals surface area contributed by atoms with Crippen LogP contribution in [0.4, 0.5) is 0 Å². The van der Waals surface area contributed by atoms with E-state index in [9.17, 15) is 4.79 Å². The summed E-state index contributed by atoms with van der Waals surface area (Å²) in [4.78, 5) is 16.4. The Morgan fingerprint density at radius 2 is 1.85 bits per heavy atom. The summed E-state index contributed by atoms with van der Waals surface area (Å²) < 4.78 is 0. The van der Waals surface area contributed by atoms with Crippen LogP contribution in [0.25, 0.3) is 10.8 Å². The van der Waals surface area contributed by atoms with Gasteiger partial charge in [0.1, 0.15) is 0 Å². The van der Waals surface area contributed by atoms with Crippen molar-refractivity contribution in [2.75, 3.05) is 0 Å². The molecule has 0 atom stereocenters. The topological polar surface area (TPSA) is 42.0 Å². The molecular formula is C17H14N2O. The number of rotatable bonds is 3. The number of amides is 1. The zero-order valence-corrected chi connectivity index (χ0v) is 10.9. The SMILES string of the molecule is O=C(NCc1ccccc1)c1cccc2ccncc12. The molecule has 0 spiro atoms. The van der Waals surface area contributed by atoms with Crippen LogP contribution in [-0.2, 0) is 6.54 Å². The van der Waals surface area contributed by atoms with Crippen LogP contribution in [0, 0.1) is 0 Å². The fourth-order valence-corrected chi connectivity index (χ4v) is 2.18. The molecule has 0 saturated heterocycles. The van der Waals surface area contributed by atoms with E-state index in [4.69, 9.17) is 0 Å². The van der Waals surface area contributed by atoms with Gasteiger partial charge in [0.05, 0.1) is 0 Å². The van der Waals surface area contributed by atoms with Crippen LogP contribution >= 0.6 is 0 Å². The van der Waals surface area contributed by atoms with Crippen molar-refractivity contribution in [3.63, 3.8) is 0 Å². The standard InChI is InChI=1S/C17H14N2O/c20-17(19-11-13-5-2-1-3-6-13)15-8-4-7-14-9-10-18-12-16(14)15/h1-10,12H,11H2,(H,19,20). The third-order valence-corrected chi connectivity index (χ3v) is 3.22. The highest BCUT2D eigenvalue weighted by Gasteiger charge is 2.09. The van der Waals surface area contributed by atoms with Crippen molar-refractivity contribution in [3.05, 3.63) is 78.1 Å². The molecule has 2 aromatic carbocycles. The molecule has 0 bridgehead atoms. The number of fused-ring (bicyclic) bond motifs is 1. The van der Waals surface area contributed by atoms with E-state index in [1.54, 1.807) is 12.4 Å². The molecule has 0 aliphatic rings. The normalized spacial score (nSPS) is 10.4. The fraction of sp³-hybridized carbons (Fsp3) is 0.0588. The molecule has 1 heterocycles. The number of hydrogen-bond donors (Lipinski definition) is 1. The van der Waals surface area contributed by atoms with Gasteiger partial charge in [-0.25, -0.2) is 0 Å². The van der Waals surface area contributed by atoms with Crippen molar-refractivity contribution >= 4 is 16.7 Å². The van der Waals surface area contributed by atoms with Crippen LogP contribution in [0.1, 0.15) is 15.9 Å². The minimum absolute atomic E-state index is 0.0764. The number of carbonyl (C=O) groups excluding carboxylic acids is 1. The summed E-state index contributed by atoms with van der Waals surface area (Å²) in [5, 5.41) is 4.84. The monoisotopic (exact) mass is 262 g/mol. The third kappa shape index (κ3) is 2.52. The predicted octanol–water partition coefficient (Wildman–Crippen LogP) is 3.16. The Labute approximate surface area is 117 Å². The minimum atomic E-state index is -0.0764. The molecule has 20 heavy (non-hydrogen) atoms. The minimum Gasteiger partial charge on any atom is -0.348 e. The van der Waals surface area contributed by atoms with Crippen molar-refractivity contribution in [3.8, 4) is 0 Å². The summed E-state index contributed by atoms with van der Waals surface area (Å²) in [7, 11) is 0. The van der Waals surface area contributed by atoms with Crippen LogP contribution in [0.5, 0.6) is 0 Å². The van der Waals surface area contributed by atoms with Gasteiger partial charge in [-0.15, -0.1) is 0 Å². The van der Waals surface area contributed by atoms with E-state index in [0.29, 0.717) is 12.1 Å². The Morgan fingerprint density at radius 1 is 1.00 bits per heavy atom. The average Bonchev–Trinajstić information content (AvgIpc) is 2.53. The van der Waals surface area contributed by atoms with Gasteiger partial charge in [0.2, 0.25) is 0 Å². The molecule has 3 rings (SSSR count). The lowest BCUT2D eigenvalue weighted by atomic mass is 10.1. The molecule has 3 nitrogen and oxygen atoms in total. The summed E-state index contributed by atoms with van der Waals surface area (Å²) in [5.74, 6) is -0.0764. The quantitative estimate of drug-likeness (QED) is 0.787. The van der Waals surface area contributed by atoms with Gasteiger partial charge in [-0.1, -0.05) is 42.5 Å². The zero-order chi connectivity index (χ0) is 13.8. The van der Waals surface area contributed by atoms with Gasteiger partial charge in [0.25, 0.3) is 5.91 Å². The highest BCUT2D eigenvalue weighted by Crippen LogP contribution is 2.17. The first-order chi connectivity index (χ1) is 9.84. The van der Waals surface area contributed by atoms with E-state index in [1.165, 1.54) is 0 Å². The Morgan fingerprint density at radius 3 is 2.70 bits per heavy atom. The van der Waals surface area contributed by atoms with E-state index in [2.05, 4.69) is 10.3 Å². The van der Waals surface area contributed by atoms with Crippen LogP contribution in [0.15, 0.2) is 67.0 Å². The van der Waals surface area contributed by atoms with Crippen LogP contribution in [-0.4, -0.2) is 10.9 Å². The molecule has 1 N–H and O–H groups in total. The first-order valence-corrected chi connectivity index (χ1v) is 6.49. The van der Waals surface area contributed by atoms with Gasteiger partial charge < -0.3 is 5.32 Å². The number of carbonyl (C=O) groups is 1. The van der Waals surface area contributed by atoms with Crippen molar-refractivity contribution in [2.45, 2.75) is 6.54 Å². The van der Waals surface area contributed by atoms with Crippen LogP contribution in [0.3, 0.4) is 0 Å². The second-order valence-electron chi connectivity index (χ2n) is 4.57. The number of aromatic nitrogens is 1. The zero-order valence-electron chi connectivity index (χ0n) is 10.9. The van der Waals surface area contributed by atoms with E-state index in [-0.39, 0.29) is 5.91 Å². The summed E-state index contributed by atoms with van der Waals surface area (Å²) in [6.45, 7) is 0.524. The molecule has 0 aliphatic carbocycles. The summed E-state index contributed by atoms with van der Waals surface area (Å²) >= 11 is 0. The van der Waals surface area contributed by atoms with E-state index >= 15 is 0 Å². The second kappa shape index (κ2) is 5.53. The summed E-state index contributed by atoms with van der Waals surface area (Å²) in [5.41, 5.74) is 1.74. The van der Waals surface area contributed by atoms with Gasteiger partial charge in [-0.2, -0.15) is 0 Å². The van der Waals surface area contributed by atoms with Crippen molar-refractivity contribution in [1.82, 2.24) is 10.3 Å². The molecular weight excluding hydrogens is 248 g/mol. The van der Waals surface area contributed by atoms with Gasteiger partial charge in [0, 0.05) is 29.9 Å². The van der Waals surface area contributed by atoms with Crippen molar-refractivity contribution < 1.29 is 4.79 Å². The van der Waals surface area contributed by atoms with Gasteiger partial charge >= 0.3 is 0 Å². The summed E-state index contributed by atoms with van der Waals surface area (Å²) in [6, 6.07) is 17.5. The molecule has 0 saturated carbocycles. The maximum atomic E-state index is 12.3. The average molecular weight is 262 g/mol. The lowest BCUT2D eigenvalue weighted by Crippen LogP contribution is -2.22. The first-order valence-electron chi connectivity index (χ1n) is 6.49. The fourth-order valence-electron chi connectivity index (χ4n) is 2.18. The smallest absolute Gasteiger partial charge is 0.252 e. The summed E-state index contributed by atoms with van der Waals surface area (Å²) in [6.07, 6.45) is 3.46. The van der Waals surface area contributed by atoms with E-state index < -0.39 is 0 Å². The third-order valence-electron chi connectivity index (χ3n) is 3.22. The van der Waals surface area contributed by atoms with E-state index in [0.717, 1.165) is 16.3 Å². The Hall–Kier alpha value is -2.68. The molecule has 3 heteroatoms. The number of pyridine rings is 1. The Kier molecular flexibility index (Phi) is 3.42. The number of nitrogens with one attached hydrogen (secondary N) is 1. The molecule has 3 aromatic rings. The van der Waals surface area contributed by atoms with Crippen molar-refractivity contribution in [1.29, 1.82) is 0 Å². The Bertz CT molecular complexity index is 733. The lowest BCUT2D eigenvalue weighted by molar-refractivity contribution is 0.0952. The molecule has 0 radical (unpaired) electrons. The van der Waals surface area contributed by atoms with Crippen LogP contribution < -0.4 is 5.32 Å². The maximum absolute atomic E-state index is 12.3. The lowest BCUT2D eigenvalue weighted by Gasteiger charge is -2.07. The molecule has 0 fully saturated rings. The van der Waals surface area contributed by atoms with E-state index in [1.807, 2.05) is 54.6 Å². The number of benzene rings is 2. The maximum Gasteiger partial charge on any atom is 0.252 e. The van der Waals surface area contributed by atoms with Gasteiger partial charge in [0.15, 0.2) is 0 Å². The molecule has 98 valence electrons. The highest BCUT2D eigenvalue weighted by atomic mass is 16.1. The predicted molar refractivity (Wildman–Crippen MR) is 79.4 cm³/mol. The largest absolute Gasteiger partial charge is 0.348 e. The number of hydrogen-bond acceptors (Lipinski definition) is 2. The molecule has 1 amide bonds. The number of nitrogens with zero attached hydrogens (tertiary/aromatic N) is 1.